The van der Waals surface area contributed by atoms with Gasteiger partial charge in [0.1, 0.15) is 17.2 Å². The van der Waals surface area contributed by atoms with Gasteiger partial charge in [0.2, 0.25) is 15.7 Å². The first kappa shape index (κ1) is 22.3. The number of nitrogens with one attached hydrogen (secondary N) is 1. The zero-order valence-corrected chi connectivity index (χ0v) is 18.6. The van der Waals surface area contributed by atoms with E-state index in [1.807, 2.05) is 6.92 Å². The number of hydrogen-bond donors (Lipinski definition) is 1. The van der Waals surface area contributed by atoms with Gasteiger partial charge in [-0.05, 0) is 68.8 Å². The molecular formula is C23H24N2O5S. The first-order valence-corrected chi connectivity index (χ1v) is 11.1. The largest absolute Gasteiger partial charge is 0.497 e. The molecule has 1 N–H and O–H groups in total. The van der Waals surface area contributed by atoms with E-state index in [1.54, 1.807) is 63.4 Å². The summed E-state index contributed by atoms with van der Waals surface area (Å²) in [5, 5.41) is 2.70. The van der Waals surface area contributed by atoms with Crippen LogP contribution in [0.3, 0.4) is 0 Å². The van der Waals surface area contributed by atoms with E-state index in [-0.39, 0.29) is 16.3 Å². The Morgan fingerprint density at radius 3 is 2.19 bits per heavy atom. The molecular weight excluding hydrogens is 416 g/mol. The predicted molar refractivity (Wildman–Crippen MR) is 118 cm³/mol. The van der Waals surface area contributed by atoms with Crippen LogP contribution in [0.2, 0.25) is 0 Å². The van der Waals surface area contributed by atoms with Gasteiger partial charge in [0.15, 0.2) is 0 Å². The second kappa shape index (κ2) is 8.77. The van der Waals surface area contributed by atoms with Crippen LogP contribution < -0.4 is 15.6 Å². The molecule has 7 nitrogen and oxygen atoms in total. The number of sulfone groups is 1. The summed E-state index contributed by atoms with van der Waals surface area (Å²) in [7, 11) is -2.49. The molecule has 1 heterocycles. The highest BCUT2D eigenvalue weighted by Gasteiger charge is 2.26. The number of anilines is 1. The maximum absolute atomic E-state index is 13.2. The van der Waals surface area contributed by atoms with Crippen molar-refractivity contribution in [1.82, 2.24) is 4.57 Å². The summed E-state index contributed by atoms with van der Waals surface area (Å²) in [6.45, 7) is 4.78. The quantitative estimate of drug-likeness (QED) is 0.635. The number of aryl methyl sites for hydroxylation is 3. The number of aromatic nitrogens is 1. The third-order valence-electron chi connectivity index (χ3n) is 4.92. The number of rotatable bonds is 6. The van der Waals surface area contributed by atoms with Crippen molar-refractivity contribution in [1.29, 1.82) is 0 Å². The molecule has 0 fully saturated rings. The zero-order chi connectivity index (χ0) is 22.8. The molecule has 1 amide bonds. The molecule has 31 heavy (non-hydrogen) atoms. The van der Waals surface area contributed by atoms with Crippen molar-refractivity contribution in [2.24, 2.45) is 0 Å². The summed E-state index contributed by atoms with van der Waals surface area (Å²) < 4.78 is 32.6. The van der Waals surface area contributed by atoms with Crippen molar-refractivity contribution in [3.8, 4) is 5.75 Å². The molecule has 0 spiro atoms. The van der Waals surface area contributed by atoms with Gasteiger partial charge in [0.25, 0.3) is 5.56 Å². The Kier molecular flexibility index (Phi) is 6.31. The van der Waals surface area contributed by atoms with Crippen LogP contribution in [-0.4, -0.2) is 26.0 Å². The number of carbonyl (C=O) groups excluding carboxylic acids is 1. The summed E-state index contributed by atoms with van der Waals surface area (Å²) in [5.74, 6) is 0.201. The van der Waals surface area contributed by atoms with Gasteiger partial charge in [0, 0.05) is 11.4 Å². The molecule has 0 saturated carbocycles. The summed E-state index contributed by atoms with van der Waals surface area (Å²) in [5.41, 5.74) is 1.57. The molecule has 8 heteroatoms. The first-order chi connectivity index (χ1) is 14.6. The fourth-order valence-corrected chi connectivity index (χ4v) is 4.84. The Morgan fingerprint density at radius 1 is 1.00 bits per heavy atom. The zero-order valence-electron chi connectivity index (χ0n) is 17.8. The highest BCUT2D eigenvalue weighted by atomic mass is 32.2. The lowest BCUT2D eigenvalue weighted by Crippen LogP contribution is -2.33. The van der Waals surface area contributed by atoms with Gasteiger partial charge < -0.3 is 14.6 Å². The second-order valence-electron chi connectivity index (χ2n) is 7.28. The number of benzene rings is 2. The summed E-state index contributed by atoms with van der Waals surface area (Å²) in [6.07, 6.45) is 0. The highest BCUT2D eigenvalue weighted by Crippen LogP contribution is 2.22. The lowest BCUT2D eigenvalue weighted by molar-refractivity contribution is -0.116. The Bertz CT molecular complexity index is 1280. The van der Waals surface area contributed by atoms with Crippen molar-refractivity contribution >= 4 is 21.4 Å². The molecule has 0 bridgehead atoms. The fourth-order valence-electron chi connectivity index (χ4n) is 3.29. The van der Waals surface area contributed by atoms with Gasteiger partial charge >= 0.3 is 0 Å². The van der Waals surface area contributed by atoms with Crippen molar-refractivity contribution in [3.05, 3.63) is 81.8 Å². The Morgan fingerprint density at radius 2 is 1.61 bits per heavy atom. The van der Waals surface area contributed by atoms with Gasteiger partial charge in [-0.25, -0.2) is 8.42 Å². The number of amides is 1. The third-order valence-corrected chi connectivity index (χ3v) is 6.85. The van der Waals surface area contributed by atoms with Gasteiger partial charge in [-0.3, -0.25) is 9.59 Å². The molecule has 162 valence electrons. The van der Waals surface area contributed by atoms with Crippen molar-refractivity contribution in [2.45, 2.75) is 37.1 Å². The monoisotopic (exact) mass is 440 g/mol. The number of pyridine rings is 1. The Labute approximate surface area is 181 Å². The van der Waals surface area contributed by atoms with Gasteiger partial charge in [-0.15, -0.1) is 0 Å². The van der Waals surface area contributed by atoms with E-state index in [4.69, 9.17) is 4.74 Å². The molecule has 0 aliphatic heterocycles. The molecule has 0 aliphatic carbocycles. The maximum atomic E-state index is 13.2. The molecule has 1 aromatic heterocycles. The molecule has 0 radical (unpaired) electrons. The first-order valence-electron chi connectivity index (χ1n) is 9.60. The molecule has 0 aliphatic rings. The Balaban J connectivity index is 1.95. The molecule has 2 aromatic carbocycles. The minimum absolute atomic E-state index is 0.0383. The minimum Gasteiger partial charge on any atom is -0.497 e. The standard InChI is InChI=1S/C23H24N2O5S/c1-15-5-11-20(12-6-15)31(28,29)22-16(2)13-17(3)25(23(22)27)14-21(26)24-18-7-9-19(30-4)10-8-18/h5-13H,14H2,1-4H3,(H,24,26). The molecule has 0 atom stereocenters. The minimum atomic E-state index is -4.04. The van der Waals surface area contributed by atoms with Crippen molar-refractivity contribution < 1.29 is 17.9 Å². The van der Waals surface area contributed by atoms with Crippen LogP contribution >= 0.6 is 0 Å². The molecule has 3 aromatic rings. The van der Waals surface area contributed by atoms with E-state index in [1.165, 1.54) is 16.7 Å². The number of nitrogens with zero attached hydrogens (tertiary/aromatic N) is 1. The van der Waals surface area contributed by atoms with Crippen LogP contribution in [0.1, 0.15) is 16.8 Å². The number of methoxy groups -OCH3 is 1. The van der Waals surface area contributed by atoms with E-state index in [9.17, 15) is 18.0 Å². The van der Waals surface area contributed by atoms with E-state index < -0.39 is 21.3 Å². The number of carbonyl (C=O) groups is 1. The second-order valence-corrected chi connectivity index (χ2v) is 9.17. The normalized spacial score (nSPS) is 11.2. The van der Waals surface area contributed by atoms with Crippen LogP contribution in [0.15, 0.2) is 69.2 Å². The topological polar surface area (TPSA) is 94.5 Å². The van der Waals surface area contributed by atoms with E-state index >= 15 is 0 Å². The van der Waals surface area contributed by atoms with Gasteiger partial charge in [-0.2, -0.15) is 0 Å². The van der Waals surface area contributed by atoms with Crippen LogP contribution in [0.25, 0.3) is 0 Å². The predicted octanol–water partition coefficient (Wildman–Crippen LogP) is 3.25. The molecule has 0 saturated heterocycles. The summed E-state index contributed by atoms with van der Waals surface area (Å²) in [6, 6.07) is 14.7. The van der Waals surface area contributed by atoms with E-state index in [2.05, 4.69) is 5.32 Å². The SMILES string of the molecule is COc1ccc(NC(=O)Cn2c(C)cc(C)c(S(=O)(=O)c3ccc(C)cc3)c2=O)cc1. The lowest BCUT2D eigenvalue weighted by atomic mass is 10.2. The average molecular weight is 441 g/mol. The summed E-state index contributed by atoms with van der Waals surface area (Å²) >= 11 is 0. The van der Waals surface area contributed by atoms with E-state index in [0.717, 1.165) is 5.56 Å². The van der Waals surface area contributed by atoms with Gasteiger partial charge in [0.05, 0.1) is 12.0 Å². The van der Waals surface area contributed by atoms with E-state index in [0.29, 0.717) is 22.7 Å². The molecule has 3 rings (SSSR count). The maximum Gasteiger partial charge on any atom is 0.270 e. The number of hydrogen-bond acceptors (Lipinski definition) is 5. The lowest BCUT2D eigenvalue weighted by Gasteiger charge is -2.15. The van der Waals surface area contributed by atoms with Crippen LogP contribution in [-0.2, 0) is 21.2 Å². The van der Waals surface area contributed by atoms with Crippen LogP contribution in [0.5, 0.6) is 5.75 Å². The van der Waals surface area contributed by atoms with Gasteiger partial charge in [-0.1, -0.05) is 17.7 Å². The Hall–Kier alpha value is -3.39. The molecule has 0 unspecified atom stereocenters. The van der Waals surface area contributed by atoms with Crippen molar-refractivity contribution in [3.63, 3.8) is 0 Å². The number of ether oxygens (including phenoxy) is 1. The average Bonchev–Trinajstić information content (AvgIpc) is 2.71. The van der Waals surface area contributed by atoms with Crippen molar-refractivity contribution in [2.75, 3.05) is 12.4 Å². The smallest absolute Gasteiger partial charge is 0.270 e. The van der Waals surface area contributed by atoms with Crippen LogP contribution in [0.4, 0.5) is 5.69 Å². The summed E-state index contributed by atoms with van der Waals surface area (Å²) in [4.78, 5) is 25.4. The third kappa shape index (κ3) is 4.69. The van der Waals surface area contributed by atoms with Crippen LogP contribution in [0, 0.1) is 20.8 Å². The fraction of sp³-hybridized carbons (Fsp3) is 0.217. The highest BCUT2D eigenvalue weighted by molar-refractivity contribution is 7.91.